The summed E-state index contributed by atoms with van der Waals surface area (Å²) in [4.78, 5) is 21.5. The molecule has 0 saturated heterocycles. The van der Waals surface area contributed by atoms with E-state index in [0.717, 1.165) is 44.7 Å². The molecule has 8 heteroatoms. The number of pyridine rings is 3. The van der Waals surface area contributed by atoms with Gasteiger partial charge in [-0.2, -0.15) is 5.10 Å². The van der Waals surface area contributed by atoms with Gasteiger partial charge in [-0.1, -0.05) is 12.1 Å². The van der Waals surface area contributed by atoms with E-state index in [1.54, 1.807) is 25.7 Å². The molecule has 0 radical (unpaired) electrons. The Kier molecular flexibility index (Phi) is 4.14. The van der Waals surface area contributed by atoms with Crippen LogP contribution in [0.3, 0.4) is 0 Å². The molecule has 2 N–H and O–H groups in total. The maximum absolute atomic E-state index is 5.38. The lowest BCUT2D eigenvalue weighted by molar-refractivity contribution is 0.415. The molecule has 0 spiro atoms. The fourth-order valence-electron chi connectivity index (χ4n) is 3.79. The molecule has 0 saturated carbocycles. The smallest absolute Gasteiger partial charge is 0.162 e. The van der Waals surface area contributed by atoms with E-state index in [0.29, 0.717) is 17.2 Å². The average molecular weight is 419 g/mol. The molecule has 6 aromatic rings. The third kappa shape index (κ3) is 2.97. The van der Waals surface area contributed by atoms with Gasteiger partial charge in [-0.15, -0.1) is 0 Å². The third-order valence-electron chi connectivity index (χ3n) is 5.37. The van der Waals surface area contributed by atoms with Crippen molar-refractivity contribution in [3.63, 3.8) is 0 Å². The molecule has 0 aliphatic heterocycles. The van der Waals surface area contributed by atoms with Gasteiger partial charge in [0.05, 0.1) is 18.3 Å². The zero-order chi connectivity index (χ0) is 21.5. The maximum Gasteiger partial charge on any atom is 0.162 e. The number of hydrogen-bond donors (Lipinski definition) is 2. The minimum absolute atomic E-state index is 0.605. The van der Waals surface area contributed by atoms with E-state index in [1.807, 2.05) is 54.6 Å². The first-order valence-corrected chi connectivity index (χ1v) is 10.1. The van der Waals surface area contributed by atoms with E-state index in [9.17, 15) is 0 Å². The highest BCUT2D eigenvalue weighted by Crippen LogP contribution is 2.32. The largest absolute Gasteiger partial charge is 0.497 e. The molecule has 154 valence electrons. The number of hydrogen-bond acceptors (Lipinski definition) is 6. The van der Waals surface area contributed by atoms with Crippen molar-refractivity contribution in [3.8, 4) is 39.7 Å². The first-order valence-electron chi connectivity index (χ1n) is 10.1. The minimum atomic E-state index is 0.605. The van der Waals surface area contributed by atoms with Crippen LogP contribution < -0.4 is 4.74 Å². The Morgan fingerprint density at radius 3 is 2.62 bits per heavy atom. The highest BCUT2D eigenvalue weighted by atomic mass is 16.5. The monoisotopic (exact) mass is 419 g/mol. The van der Waals surface area contributed by atoms with Crippen molar-refractivity contribution >= 4 is 22.2 Å². The Labute approximate surface area is 182 Å². The number of nitrogens with zero attached hydrogens (tertiary/aromatic N) is 5. The van der Waals surface area contributed by atoms with Crippen LogP contribution in [-0.4, -0.2) is 42.2 Å². The normalized spacial score (nSPS) is 11.3. The molecule has 8 nitrogen and oxygen atoms in total. The molecule has 5 heterocycles. The van der Waals surface area contributed by atoms with Crippen LogP contribution in [0.5, 0.6) is 5.75 Å². The summed E-state index contributed by atoms with van der Waals surface area (Å²) >= 11 is 0. The van der Waals surface area contributed by atoms with Gasteiger partial charge in [-0.05, 0) is 48.0 Å². The molecule has 0 aliphatic carbocycles. The van der Waals surface area contributed by atoms with Crippen LogP contribution in [-0.2, 0) is 0 Å². The first-order chi connectivity index (χ1) is 15.8. The van der Waals surface area contributed by atoms with Gasteiger partial charge >= 0.3 is 0 Å². The molecule has 6 rings (SSSR count). The summed E-state index contributed by atoms with van der Waals surface area (Å²) in [6, 6.07) is 17.6. The zero-order valence-electron chi connectivity index (χ0n) is 17.1. The number of methoxy groups -OCH3 is 1. The van der Waals surface area contributed by atoms with Crippen LogP contribution in [0.25, 0.3) is 56.1 Å². The fourth-order valence-corrected chi connectivity index (χ4v) is 3.79. The number of fused-ring (bicyclic) bond motifs is 2. The van der Waals surface area contributed by atoms with Gasteiger partial charge in [-0.3, -0.25) is 10.1 Å². The van der Waals surface area contributed by atoms with Crippen molar-refractivity contribution < 1.29 is 4.74 Å². The second kappa shape index (κ2) is 7.28. The van der Waals surface area contributed by atoms with Crippen molar-refractivity contribution in [2.75, 3.05) is 7.11 Å². The van der Waals surface area contributed by atoms with Crippen LogP contribution in [0.1, 0.15) is 0 Å². The van der Waals surface area contributed by atoms with Gasteiger partial charge in [0.2, 0.25) is 0 Å². The molecule has 0 amide bonds. The molecule has 0 fully saturated rings. The molecular formula is C24H17N7O. The van der Waals surface area contributed by atoms with E-state index in [1.165, 1.54) is 0 Å². The Bertz CT molecular complexity index is 1570. The van der Waals surface area contributed by atoms with E-state index < -0.39 is 0 Å². The number of aromatic nitrogens is 7. The van der Waals surface area contributed by atoms with Gasteiger partial charge in [-0.25, -0.2) is 15.0 Å². The van der Waals surface area contributed by atoms with Crippen molar-refractivity contribution in [2.24, 2.45) is 0 Å². The molecule has 0 atom stereocenters. The Morgan fingerprint density at radius 2 is 1.75 bits per heavy atom. The molecule has 0 aliphatic rings. The maximum atomic E-state index is 5.38. The lowest BCUT2D eigenvalue weighted by Gasteiger charge is -2.04. The van der Waals surface area contributed by atoms with Crippen LogP contribution in [0.2, 0.25) is 0 Å². The topological polar surface area (TPSA) is 105 Å². The van der Waals surface area contributed by atoms with Gasteiger partial charge in [0.15, 0.2) is 17.2 Å². The lowest BCUT2D eigenvalue weighted by atomic mass is 10.1. The van der Waals surface area contributed by atoms with Gasteiger partial charge in [0, 0.05) is 29.7 Å². The lowest BCUT2D eigenvalue weighted by Crippen LogP contribution is -1.87. The Hall–Kier alpha value is -4.59. The van der Waals surface area contributed by atoms with Crippen molar-refractivity contribution in [3.05, 3.63) is 73.2 Å². The Morgan fingerprint density at radius 1 is 0.844 bits per heavy atom. The molecule has 1 aromatic carbocycles. The summed E-state index contributed by atoms with van der Waals surface area (Å²) < 4.78 is 5.38. The van der Waals surface area contributed by atoms with E-state index in [-0.39, 0.29) is 0 Å². The van der Waals surface area contributed by atoms with Crippen LogP contribution in [0.4, 0.5) is 0 Å². The number of nitrogens with one attached hydrogen (secondary N) is 2. The highest BCUT2D eigenvalue weighted by molar-refractivity contribution is 5.95. The quantitative estimate of drug-likeness (QED) is 0.431. The summed E-state index contributed by atoms with van der Waals surface area (Å²) in [5.74, 6) is 1.39. The molecule has 0 bridgehead atoms. The van der Waals surface area contributed by atoms with Crippen molar-refractivity contribution in [1.82, 2.24) is 35.1 Å². The fraction of sp³-hybridized carbons (Fsp3) is 0.0417. The van der Waals surface area contributed by atoms with Crippen molar-refractivity contribution in [2.45, 2.75) is 0 Å². The zero-order valence-corrected chi connectivity index (χ0v) is 17.1. The summed E-state index contributed by atoms with van der Waals surface area (Å²) in [6.45, 7) is 0. The third-order valence-corrected chi connectivity index (χ3v) is 5.37. The number of benzene rings is 1. The second-order valence-corrected chi connectivity index (χ2v) is 7.27. The van der Waals surface area contributed by atoms with Gasteiger partial charge in [0.1, 0.15) is 16.8 Å². The minimum Gasteiger partial charge on any atom is -0.497 e. The molecule has 5 aromatic heterocycles. The standard InChI is InChI=1S/C24H17N7O/c1-32-16-4-2-3-15(13-16)17-9-12-26-23-20(17)28-24(29-23)22-21-19(30-31-22)6-5-18(27-21)14-7-10-25-11-8-14/h2-13H,1H3,(H,30,31)(H,26,28,29). The van der Waals surface area contributed by atoms with Crippen LogP contribution >= 0.6 is 0 Å². The average Bonchev–Trinajstić information content (AvgIpc) is 3.48. The predicted molar refractivity (Wildman–Crippen MR) is 122 cm³/mol. The second-order valence-electron chi connectivity index (χ2n) is 7.27. The van der Waals surface area contributed by atoms with Gasteiger partial charge in [0.25, 0.3) is 0 Å². The van der Waals surface area contributed by atoms with E-state index in [4.69, 9.17) is 14.7 Å². The molecule has 32 heavy (non-hydrogen) atoms. The summed E-state index contributed by atoms with van der Waals surface area (Å²) in [6.07, 6.45) is 5.27. The number of ether oxygens (including phenoxy) is 1. The number of H-pyrrole nitrogens is 2. The van der Waals surface area contributed by atoms with Crippen molar-refractivity contribution in [1.29, 1.82) is 0 Å². The Balaban J connectivity index is 1.50. The van der Waals surface area contributed by atoms with Crippen LogP contribution in [0, 0.1) is 0 Å². The first kappa shape index (κ1) is 18.2. The summed E-state index contributed by atoms with van der Waals surface area (Å²) in [5, 5.41) is 7.53. The number of imidazole rings is 1. The summed E-state index contributed by atoms with van der Waals surface area (Å²) in [5.41, 5.74) is 7.45. The molecular weight excluding hydrogens is 402 g/mol. The van der Waals surface area contributed by atoms with E-state index >= 15 is 0 Å². The predicted octanol–water partition coefficient (Wildman–Crippen LogP) is 4.63. The summed E-state index contributed by atoms with van der Waals surface area (Å²) in [7, 11) is 1.66. The van der Waals surface area contributed by atoms with Crippen LogP contribution in [0.15, 0.2) is 73.2 Å². The highest BCUT2D eigenvalue weighted by Gasteiger charge is 2.17. The molecule has 0 unspecified atom stereocenters. The van der Waals surface area contributed by atoms with E-state index in [2.05, 4.69) is 25.1 Å². The number of aromatic amines is 2. The van der Waals surface area contributed by atoms with Gasteiger partial charge < -0.3 is 9.72 Å². The SMILES string of the molecule is COc1cccc(-c2ccnc3[nH]c(-c4n[nH]c5ccc(-c6ccncc6)nc45)nc23)c1. The number of rotatable bonds is 4.